The highest BCUT2D eigenvalue weighted by atomic mass is 35.5. The van der Waals surface area contributed by atoms with Gasteiger partial charge in [-0.2, -0.15) is 0 Å². The first kappa shape index (κ1) is 19.0. The van der Waals surface area contributed by atoms with Gasteiger partial charge in [0, 0.05) is 23.8 Å². The number of halogens is 1. The number of benzene rings is 2. The summed E-state index contributed by atoms with van der Waals surface area (Å²) in [6.07, 6.45) is 3.54. The smallest absolute Gasteiger partial charge is 0.323 e. The highest BCUT2D eigenvalue weighted by Gasteiger charge is 2.25. The fourth-order valence-corrected chi connectivity index (χ4v) is 3.50. The normalized spacial score (nSPS) is 14.1. The molecule has 0 aliphatic carbocycles. The van der Waals surface area contributed by atoms with Gasteiger partial charge in [0.2, 0.25) is 0 Å². The SMILES string of the molecule is O=C(Nc1ccc2[nH]c(=O)[nH]c2c1)C(=O)N1CCC(=Cc2ccc(Cl)cc2)CC1. The molecular weight excluding hydrogens is 392 g/mol. The van der Waals surface area contributed by atoms with Crippen molar-refractivity contribution in [2.75, 3.05) is 18.4 Å². The van der Waals surface area contributed by atoms with Gasteiger partial charge >= 0.3 is 17.5 Å². The van der Waals surface area contributed by atoms with Gasteiger partial charge in [-0.1, -0.05) is 35.4 Å². The van der Waals surface area contributed by atoms with Gasteiger partial charge in [-0.25, -0.2) is 4.79 Å². The highest BCUT2D eigenvalue weighted by molar-refractivity contribution is 6.39. The molecule has 1 fully saturated rings. The van der Waals surface area contributed by atoms with E-state index >= 15 is 0 Å². The van der Waals surface area contributed by atoms with Gasteiger partial charge in [0.15, 0.2) is 0 Å². The van der Waals surface area contributed by atoms with Crippen molar-refractivity contribution in [2.24, 2.45) is 0 Å². The Bertz CT molecular complexity index is 1150. The zero-order chi connectivity index (χ0) is 20.4. The summed E-state index contributed by atoms with van der Waals surface area (Å²) in [4.78, 5) is 43.0. The van der Waals surface area contributed by atoms with Gasteiger partial charge in [0.1, 0.15) is 0 Å². The zero-order valence-electron chi connectivity index (χ0n) is 15.5. The summed E-state index contributed by atoms with van der Waals surface area (Å²) in [5.74, 6) is -1.24. The van der Waals surface area contributed by atoms with E-state index < -0.39 is 11.8 Å². The van der Waals surface area contributed by atoms with Gasteiger partial charge in [-0.05, 0) is 48.7 Å². The molecule has 0 spiro atoms. The number of H-pyrrole nitrogens is 2. The summed E-state index contributed by atoms with van der Waals surface area (Å²) in [6, 6.07) is 12.5. The maximum absolute atomic E-state index is 12.5. The van der Waals surface area contributed by atoms with E-state index in [0.717, 1.165) is 18.4 Å². The van der Waals surface area contributed by atoms with Gasteiger partial charge in [0.05, 0.1) is 11.0 Å². The summed E-state index contributed by atoms with van der Waals surface area (Å²) in [5.41, 5.74) is 3.63. The summed E-state index contributed by atoms with van der Waals surface area (Å²) >= 11 is 5.91. The molecule has 8 heteroatoms. The lowest BCUT2D eigenvalue weighted by atomic mass is 10.0. The number of piperidine rings is 1. The molecule has 1 aliphatic heterocycles. The molecule has 0 atom stereocenters. The third-order valence-electron chi connectivity index (χ3n) is 4.90. The van der Waals surface area contributed by atoms with Crippen LogP contribution in [0.2, 0.25) is 5.02 Å². The fraction of sp³-hybridized carbons (Fsp3) is 0.190. The molecule has 3 N–H and O–H groups in total. The molecule has 148 valence electrons. The highest BCUT2D eigenvalue weighted by Crippen LogP contribution is 2.21. The van der Waals surface area contributed by atoms with E-state index in [1.807, 2.05) is 24.3 Å². The Kier molecular flexibility index (Phi) is 5.22. The second-order valence-electron chi connectivity index (χ2n) is 6.94. The lowest BCUT2D eigenvalue weighted by Gasteiger charge is -2.28. The number of amides is 2. The van der Waals surface area contributed by atoms with Gasteiger partial charge in [-0.15, -0.1) is 0 Å². The quantitative estimate of drug-likeness (QED) is 0.566. The Morgan fingerprint density at radius 1 is 1.00 bits per heavy atom. The maximum atomic E-state index is 12.5. The minimum Gasteiger partial charge on any atom is -0.334 e. The van der Waals surface area contributed by atoms with Crippen molar-refractivity contribution in [1.82, 2.24) is 14.9 Å². The summed E-state index contributed by atoms with van der Waals surface area (Å²) in [5, 5.41) is 3.30. The van der Waals surface area contributed by atoms with E-state index in [2.05, 4.69) is 21.4 Å². The molecule has 0 saturated carbocycles. The Balaban J connectivity index is 1.36. The predicted octanol–water partition coefficient (Wildman–Crippen LogP) is 3.15. The molecule has 1 saturated heterocycles. The Morgan fingerprint density at radius 2 is 1.69 bits per heavy atom. The molecule has 0 bridgehead atoms. The second kappa shape index (κ2) is 7.97. The molecule has 0 unspecified atom stereocenters. The van der Waals surface area contributed by atoms with Gasteiger partial charge < -0.3 is 20.2 Å². The number of anilines is 1. The molecule has 1 aromatic heterocycles. The van der Waals surface area contributed by atoms with Crippen molar-refractivity contribution in [3.05, 3.63) is 69.1 Å². The van der Waals surface area contributed by atoms with E-state index in [4.69, 9.17) is 11.6 Å². The number of hydrogen-bond donors (Lipinski definition) is 3. The minimum absolute atomic E-state index is 0.324. The molecule has 7 nitrogen and oxygen atoms in total. The van der Waals surface area contributed by atoms with Crippen molar-refractivity contribution in [2.45, 2.75) is 12.8 Å². The number of nitrogens with one attached hydrogen (secondary N) is 3. The van der Waals surface area contributed by atoms with Crippen molar-refractivity contribution < 1.29 is 9.59 Å². The average Bonchev–Trinajstić information content (AvgIpc) is 3.09. The van der Waals surface area contributed by atoms with E-state index in [0.29, 0.717) is 34.8 Å². The first-order valence-corrected chi connectivity index (χ1v) is 9.63. The van der Waals surface area contributed by atoms with Crippen LogP contribution in [0.4, 0.5) is 5.69 Å². The van der Waals surface area contributed by atoms with Gasteiger partial charge in [0.25, 0.3) is 0 Å². The number of rotatable bonds is 2. The minimum atomic E-state index is -0.688. The Labute approximate surface area is 171 Å². The number of hydrogen-bond acceptors (Lipinski definition) is 3. The van der Waals surface area contributed by atoms with E-state index in [1.165, 1.54) is 5.57 Å². The molecule has 4 rings (SSSR count). The van der Waals surface area contributed by atoms with Crippen molar-refractivity contribution in [3.8, 4) is 0 Å². The molecule has 1 aliphatic rings. The monoisotopic (exact) mass is 410 g/mol. The zero-order valence-corrected chi connectivity index (χ0v) is 16.3. The van der Waals surface area contributed by atoms with E-state index in [-0.39, 0.29) is 5.69 Å². The number of aromatic amines is 2. The number of carbonyl (C=O) groups is 2. The number of fused-ring (bicyclic) bond motifs is 1. The molecule has 29 heavy (non-hydrogen) atoms. The van der Waals surface area contributed by atoms with Crippen molar-refractivity contribution >= 4 is 46.2 Å². The summed E-state index contributed by atoms with van der Waals surface area (Å²) < 4.78 is 0. The van der Waals surface area contributed by atoms with Crippen LogP contribution in [-0.2, 0) is 9.59 Å². The van der Waals surface area contributed by atoms with Crippen LogP contribution in [0.5, 0.6) is 0 Å². The third kappa shape index (κ3) is 4.41. The first-order chi connectivity index (χ1) is 14.0. The second-order valence-corrected chi connectivity index (χ2v) is 7.38. The Morgan fingerprint density at radius 3 is 2.41 bits per heavy atom. The van der Waals surface area contributed by atoms with Crippen LogP contribution in [0.3, 0.4) is 0 Å². The molecule has 2 amide bonds. The van der Waals surface area contributed by atoms with Crippen molar-refractivity contribution in [3.63, 3.8) is 0 Å². The molecule has 2 heterocycles. The largest absolute Gasteiger partial charge is 0.334 e. The third-order valence-corrected chi connectivity index (χ3v) is 5.15. The van der Waals surface area contributed by atoms with Crippen LogP contribution in [0.15, 0.2) is 52.8 Å². The standard InChI is InChI=1S/C21H19ClN4O3/c22-15-3-1-13(2-4-15)11-14-7-9-26(10-8-14)20(28)19(27)23-16-5-6-17-18(12-16)25-21(29)24-17/h1-6,11-12H,7-10H2,(H,23,27)(H2,24,25,29). The predicted molar refractivity (Wildman–Crippen MR) is 113 cm³/mol. The topological polar surface area (TPSA) is 98.1 Å². The Hall–Kier alpha value is -3.32. The molecule has 0 radical (unpaired) electrons. The lowest BCUT2D eigenvalue weighted by molar-refractivity contribution is -0.143. The number of nitrogens with zero attached hydrogens (tertiary/aromatic N) is 1. The van der Waals surface area contributed by atoms with E-state index in [9.17, 15) is 14.4 Å². The number of likely N-dealkylation sites (tertiary alicyclic amines) is 1. The van der Waals surface area contributed by atoms with Crippen LogP contribution in [0, 0.1) is 0 Å². The van der Waals surface area contributed by atoms with Crippen LogP contribution in [0.25, 0.3) is 17.1 Å². The molecule has 2 aromatic carbocycles. The summed E-state index contributed by atoms with van der Waals surface area (Å²) in [7, 11) is 0. The number of imidazole rings is 1. The number of carbonyl (C=O) groups excluding carboxylic acids is 2. The summed E-state index contributed by atoms with van der Waals surface area (Å²) in [6.45, 7) is 0.992. The van der Waals surface area contributed by atoms with Crippen LogP contribution < -0.4 is 11.0 Å². The van der Waals surface area contributed by atoms with Crippen molar-refractivity contribution in [1.29, 1.82) is 0 Å². The molecule has 3 aromatic rings. The van der Waals surface area contributed by atoms with Gasteiger partial charge in [-0.3, -0.25) is 9.59 Å². The molecular formula is C21H19ClN4O3. The number of aromatic nitrogens is 2. The maximum Gasteiger partial charge on any atom is 0.323 e. The fourth-order valence-electron chi connectivity index (χ4n) is 3.37. The average molecular weight is 411 g/mol. The first-order valence-electron chi connectivity index (χ1n) is 9.25. The van der Waals surface area contributed by atoms with Crippen LogP contribution in [0.1, 0.15) is 18.4 Å². The van der Waals surface area contributed by atoms with E-state index in [1.54, 1.807) is 23.1 Å². The van der Waals surface area contributed by atoms with Crippen LogP contribution in [-0.4, -0.2) is 39.8 Å². The van der Waals surface area contributed by atoms with Crippen LogP contribution >= 0.6 is 11.6 Å². The lowest BCUT2D eigenvalue weighted by Crippen LogP contribution is -2.42.